The molecule has 0 saturated heterocycles. The molecule has 5 nitrogen and oxygen atoms in total. The molecular weight excluding hydrogens is 374 g/mol. The average Bonchev–Trinajstić information content (AvgIpc) is 2.73. The number of hydrogen-bond acceptors (Lipinski definition) is 5. The van der Waals surface area contributed by atoms with Crippen LogP contribution >= 0.6 is 0 Å². The summed E-state index contributed by atoms with van der Waals surface area (Å²) < 4.78 is 5.27. The molecule has 1 aliphatic rings. The van der Waals surface area contributed by atoms with Gasteiger partial charge < -0.3 is 9.64 Å². The summed E-state index contributed by atoms with van der Waals surface area (Å²) in [5, 5.41) is 19.6. The van der Waals surface area contributed by atoms with Gasteiger partial charge in [-0.2, -0.15) is 10.5 Å². The molecule has 1 aliphatic carbocycles. The molecule has 0 heterocycles. The molecule has 1 atom stereocenters. The summed E-state index contributed by atoms with van der Waals surface area (Å²) in [6, 6.07) is 20.8. The highest BCUT2D eigenvalue weighted by Gasteiger charge is 2.36. The number of ether oxygens (including phenoxy) is 1. The number of carbonyl (C=O) groups excluding carboxylic acids is 1. The van der Waals surface area contributed by atoms with Crippen LogP contribution in [0.2, 0.25) is 0 Å². The fourth-order valence-electron chi connectivity index (χ4n) is 4.02. The predicted octanol–water partition coefficient (Wildman–Crippen LogP) is 5.18. The molecule has 0 aromatic heterocycles. The number of para-hydroxylation sites is 1. The minimum Gasteiger partial charge on any atom is -0.497 e. The van der Waals surface area contributed by atoms with Gasteiger partial charge in [0.1, 0.15) is 5.75 Å². The second kappa shape index (κ2) is 8.84. The van der Waals surface area contributed by atoms with E-state index in [2.05, 4.69) is 26.0 Å². The zero-order chi connectivity index (χ0) is 21.7. The number of allylic oxidation sites excluding steroid dienone is 2. The van der Waals surface area contributed by atoms with Crippen molar-refractivity contribution in [1.82, 2.24) is 0 Å². The third-order valence-electron chi connectivity index (χ3n) is 5.31. The van der Waals surface area contributed by atoms with E-state index in [9.17, 15) is 15.3 Å². The summed E-state index contributed by atoms with van der Waals surface area (Å²) in [7, 11) is 1.59. The highest BCUT2D eigenvalue weighted by molar-refractivity contribution is 5.92. The van der Waals surface area contributed by atoms with E-state index < -0.39 is 12.0 Å². The van der Waals surface area contributed by atoms with Crippen LogP contribution in [0, 0.1) is 34.0 Å². The maximum absolute atomic E-state index is 12.5. The molecule has 0 amide bonds. The topological polar surface area (TPSA) is 77.1 Å². The summed E-state index contributed by atoms with van der Waals surface area (Å²) in [5.41, 5.74) is 2.27. The number of carbonyl (C=O) groups is 1. The molecular formula is C25H25N3O2. The van der Waals surface area contributed by atoms with Crippen LogP contribution in [0.3, 0.4) is 0 Å². The molecule has 0 saturated carbocycles. The monoisotopic (exact) mass is 399 g/mol. The molecule has 0 aliphatic heterocycles. The zero-order valence-electron chi connectivity index (χ0n) is 17.5. The van der Waals surface area contributed by atoms with E-state index in [0.29, 0.717) is 18.6 Å². The minimum atomic E-state index is -0.931. The summed E-state index contributed by atoms with van der Waals surface area (Å²) in [4.78, 5) is 14.5. The molecule has 2 aromatic carbocycles. The summed E-state index contributed by atoms with van der Waals surface area (Å²) in [6.07, 6.45) is 2.82. The van der Waals surface area contributed by atoms with Crippen molar-refractivity contribution in [2.75, 3.05) is 12.0 Å². The number of rotatable bonds is 6. The fourth-order valence-corrected chi connectivity index (χ4v) is 4.02. The molecule has 152 valence electrons. The van der Waals surface area contributed by atoms with Crippen molar-refractivity contribution < 1.29 is 9.53 Å². The Hall–Kier alpha value is -3.57. The van der Waals surface area contributed by atoms with Gasteiger partial charge in [-0.1, -0.05) is 44.2 Å². The predicted molar refractivity (Wildman–Crippen MR) is 115 cm³/mol. The number of nitrogens with zero attached hydrogens (tertiary/aromatic N) is 3. The minimum absolute atomic E-state index is 0.0566. The first kappa shape index (κ1) is 21.1. The van der Waals surface area contributed by atoms with E-state index in [1.165, 1.54) is 0 Å². The molecule has 5 heteroatoms. The van der Waals surface area contributed by atoms with Crippen LogP contribution in [0.5, 0.6) is 5.75 Å². The van der Waals surface area contributed by atoms with Crippen LogP contribution in [-0.4, -0.2) is 12.9 Å². The summed E-state index contributed by atoms with van der Waals surface area (Å²) >= 11 is 0. The van der Waals surface area contributed by atoms with Crippen molar-refractivity contribution in [1.29, 1.82) is 10.5 Å². The van der Waals surface area contributed by atoms with Crippen LogP contribution in [0.1, 0.15) is 38.3 Å². The van der Waals surface area contributed by atoms with Crippen LogP contribution in [-0.2, 0) is 4.79 Å². The van der Waals surface area contributed by atoms with Crippen molar-refractivity contribution in [2.45, 2.75) is 32.7 Å². The third kappa shape index (κ3) is 4.53. The molecule has 0 radical (unpaired) electrons. The molecule has 0 N–H and O–H groups in total. The van der Waals surface area contributed by atoms with Crippen molar-refractivity contribution >= 4 is 11.5 Å². The molecule has 0 bridgehead atoms. The van der Waals surface area contributed by atoms with Gasteiger partial charge >= 0.3 is 0 Å². The SMILES string of the molecule is COc1ccc(C(C(C#N)C#N)N(C2=CC(=O)CC(C)(C)C2)c2ccccc2)cc1. The van der Waals surface area contributed by atoms with E-state index >= 15 is 0 Å². The Morgan fingerprint density at radius 2 is 1.63 bits per heavy atom. The number of hydrogen-bond donors (Lipinski definition) is 0. The first-order valence-electron chi connectivity index (χ1n) is 9.89. The Balaban J connectivity index is 2.20. The van der Waals surface area contributed by atoms with Crippen LogP contribution < -0.4 is 9.64 Å². The molecule has 0 fully saturated rings. The molecule has 0 spiro atoms. The van der Waals surface area contributed by atoms with Crippen molar-refractivity contribution in [3.05, 3.63) is 71.9 Å². The van der Waals surface area contributed by atoms with E-state index in [1.807, 2.05) is 59.5 Å². The van der Waals surface area contributed by atoms with E-state index in [4.69, 9.17) is 4.74 Å². The third-order valence-corrected chi connectivity index (χ3v) is 5.31. The zero-order valence-corrected chi connectivity index (χ0v) is 17.5. The van der Waals surface area contributed by atoms with Crippen LogP contribution in [0.15, 0.2) is 66.4 Å². The quantitative estimate of drug-likeness (QED) is 0.669. The smallest absolute Gasteiger partial charge is 0.158 e. The Bertz CT molecular complexity index is 997. The van der Waals surface area contributed by atoms with E-state index in [1.54, 1.807) is 13.2 Å². The average molecular weight is 399 g/mol. The summed E-state index contributed by atoms with van der Waals surface area (Å²) in [5.74, 6) is -0.178. The number of ketones is 1. The van der Waals surface area contributed by atoms with Gasteiger partial charge in [0.25, 0.3) is 0 Å². The molecule has 2 aromatic rings. The number of methoxy groups -OCH3 is 1. The maximum atomic E-state index is 12.5. The second-order valence-corrected chi connectivity index (χ2v) is 8.28. The lowest BCUT2D eigenvalue weighted by Crippen LogP contribution is -2.37. The normalized spacial score (nSPS) is 16.2. The van der Waals surface area contributed by atoms with Gasteiger partial charge in [-0.3, -0.25) is 4.79 Å². The Morgan fingerprint density at radius 3 is 2.17 bits per heavy atom. The first-order valence-corrected chi connectivity index (χ1v) is 9.89. The largest absolute Gasteiger partial charge is 0.497 e. The summed E-state index contributed by atoms with van der Waals surface area (Å²) in [6.45, 7) is 4.13. The number of anilines is 1. The van der Waals surface area contributed by atoms with Gasteiger partial charge in [0, 0.05) is 23.9 Å². The van der Waals surface area contributed by atoms with Gasteiger partial charge in [-0.05, 0) is 41.7 Å². The lowest BCUT2D eigenvalue weighted by Gasteiger charge is -2.41. The maximum Gasteiger partial charge on any atom is 0.158 e. The molecule has 1 unspecified atom stereocenters. The van der Waals surface area contributed by atoms with Gasteiger partial charge in [0.05, 0.1) is 25.3 Å². The second-order valence-electron chi connectivity index (χ2n) is 8.28. The van der Waals surface area contributed by atoms with Gasteiger partial charge in [0.2, 0.25) is 0 Å². The van der Waals surface area contributed by atoms with Crippen LogP contribution in [0.4, 0.5) is 5.69 Å². The molecule has 30 heavy (non-hydrogen) atoms. The highest BCUT2D eigenvalue weighted by Crippen LogP contribution is 2.42. The molecule has 3 rings (SSSR count). The van der Waals surface area contributed by atoms with Gasteiger partial charge in [-0.25, -0.2) is 0 Å². The van der Waals surface area contributed by atoms with Crippen molar-refractivity contribution in [2.24, 2.45) is 11.3 Å². The Kier molecular flexibility index (Phi) is 6.23. The lowest BCUT2D eigenvalue weighted by atomic mass is 9.77. The van der Waals surface area contributed by atoms with E-state index in [-0.39, 0.29) is 11.2 Å². The van der Waals surface area contributed by atoms with Crippen LogP contribution in [0.25, 0.3) is 0 Å². The highest BCUT2D eigenvalue weighted by atomic mass is 16.5. The Labute approximate surface area is 177 Å². The Morgan fingerprint density at radius 1 is 1.00 bits per heavy atom. The van der Waals surface area contributed by atoms with Gasteiger partial charge in [0.15, 0.2) is 11.7 Å². The first-order chi connectivity index (χ1) is 14.4. The van der Waals surface area contributed by atoms with Crippen molar-refractivity contribution in [3.63, 3.8) is 0 Å². The van der Waals surface area contributed by atoms with Crippen molar-refractivity contribution in [3.8, 4) is 17.9 Å². The standard InChI is InChI=1S/C25H25N3O2/c1-25(2)14-21(13-22(29)15-25)28(20-7-5-4-6-8-20)24(19(16-26)17-27)18-9-11-23(30-3)12-10-18/h4-13,19,24H,14-15H2,1-3H3. The number of nitriles is 2. The fraction of sp³-hybridized carbons (Fsp3) is 0.320. The van der Waals surface area contributed by atoms with Gasteiger partial charge in [-0.15, -0.1) is 0 Å². The van der Waals surface area contributed by atoms with E-state index in [0.717, 1.165) is 16.9 Å². The number of benzene rings is 2. The lowest BCUT2D eigenvalue weighted by molar-refractivity contribution is -0.117.